The van der Waals surface area contributed by atoms with Gasteiger partial charge in [-0.05, 0) is 50.5 Å². The van der Waals surface area contributed by atoms with Gasteiger partial charge in [0.25, 0.3) is 5.91 Å². The summed E-state index contributed by atoms with van der Waals surface area (Å²) in [5.74, 6) is -0.426. The molecule has 0 aromatic carbocycles. The fraction of sp³-hybridized carbons (Fsp3) is 0.435. The highest BCUT2D eigenvalue weighted by Crippen LogP contribution is 2.38. The smallest absolute Gasteiger partial charge is 0.366 e. The van der Waals surface area contributed by atoms with Gasteiger partial charge in [-0.25, -0.2) is 14.8 Å². The fourth-order valence-corrected chi connectivity index (χ4v) is 4.72. The number of hydrogen-bond acceptors (Lipinski definition) is 6. The largest absolute Gasteiger partial charge is 0.408 e. The summed E-state index contributed by atoms with van der Waals surface area (Å²) in [6.07, 6.45) is -3.31. The Kier molecular flexibility index (Phi) is 5.92. The van der Waals surface area contributed by atoms with E-state index < -0.39 is 24.2 Å². The molecular weight excluding hydrogens is 477 g/mol. The Bertz CT molecular complexity index is 1320. The van der Waals surface area contributed by atoms with Crippen molar-refractivity contribution < 1.29 is 22.8 Å². The molecule has 1 saturated heterocycles. The molecule has 3 aromatic rings. The highest BCUT2D eigenvalue weighted by Gasteiger charge is 2.41. The van der Waals surface area contributed by atoms with Crippen molar-refractivity contribution in [2.24, 2.45) is 0 Å². The molecule has 13 heteroatoms. The number of piperidine rings is 1. The van der Waals surface area contributed by atoms with Crippen molar-refractivity contribution in [3.63, 3.8) is 0 Å². The van der Waals surface area contributed by atoms with Gasteiger partial charge in [-0.2, -0.15) is 18.3 Å². The van der Waals surface area contributed by atoms with Crippen LogP contribution in [0.3, 0.4) is 0 Å². The number of H-pyrrole nitrogens is 1. The van der Waals surface area contributed by atoms with Gasteiger partial charge in [0.15, 0.2) is 17.3 Å². The van der Waals surface area contributed by atoms with Crippen LogP contribution in [0.2, 0.25) is 0 Å². The molecule has 0 spiro atoms. The van der Waals surface area contributed by atoms with Crippen LogP contribution in [0.1, 0.15) is 42.4 Å². The lowest BCUT2D eigenvalue weighted by atomic mass is 9.99. The second-order valence-electron chi connectivity index (χ2n) is 8.98. The van der Waals surface area contributed by atoms with Crippen molar-refractivity contribution in [1.82, 2.24) is 25.5 Å². The van der Waals surface area contributed by atoms with E-state index in [-0.39, 0.29) is 24.0 Å². The zero-order valence-corrected chi connectivity index (χ0v) is 19.7. The van der Waals surface area contributed by atoms with E-state index in [9.17, 15) is 22.8 Å². The highest BCUT2D eigenvalue weighted by atomic mass is 19.4. The van der Waals surface area contributed by atoms with E-state index in [0.29, 0.717) is 29.1 Å². The minimum absolute atomic E-state index is 0.194. The van der Waals surface area contributed by atoms with Gasteiger partial charge >= 0.3 is 12.2 Å². The first kappa shape index (κ1) is 23.8. The molecule has 2 bridgehead atoms. The Morgan fingerprint density at radius 2 is 2.03 bits per heavy atom. The molecule has 5 rings (SSSR count). The molecule has 3 amide bonds. The van der Waals surface area contributed by atoms with Crippen LogP contribution in [0.25, 0.3) is 11.0 Å². The number of urea groups is 1. The van der Waals surface area contributed by atoms with Crippen molar-refractivity contribution in [2.75, 3.05) is 28.2 Å². The fourth-order valence-electron chi connectivity index (χ4n) is 4.72. The normalized spacial score (nSPS) is 18.1. The monoisotopic (exact) mass is 502 g/mol. The average molecular weight is 503 g/mol. The average Bonchev–Trinajstić information content (AvgIpc) is 3.23. The molecule has 3 aromatic heterocycles. The van der Waals surface area contributed by atoms with Crippen molar-refractivity contribution in [2.45, 2.75) is 51.4 Å². The van der Waals surface area contributed by atoms with Gasteiger partial charge in [0.1, 0.15) is 11.7 Å². The summed E-state index contributed by atoms with van der Waals surface area (Å²) in [5.41, 5.74) is 1.77. The van der Waals surface area contributed by atoms with Gasteiger partial charge in [0, 0.05) is 18.8 Å². The lowest BCUT2D eigenvalue weighted by Crippen LogP contribution is -2.56. The van der Waals surface area contributed by atoms with Crippen LogP contribution in [0.4, 0.5) is 35.3 Å². The second-order valence-corrected chi connectivity index (χ2v) is 8.98. The van der Waals surface area contributed by atoms with E-state index in [1.54, 1.807) is 18.2 Å². The third-order valence-electron chi connectivity index (χ3n) is 6.53. The molecule has 0 saturated carbocycles. The third kappa shape index (κ3) is 4.29. The number of alkyl halides is 3. The molecule has 190 valence electrons. The summed E-state index contributed by atoms with van der Waals surface area (Å²) >= 11 is 0. The number of halogens is 3. The van der Waals surface area contributed by atoms with Crippen molar-refractivity contribution >= 4 is 40.3 Å². The number of fused-ring (bicyclic) bond motifs is 5. The SMILES string of the molecule is CC[C@H](NC(=O)c1ccc2c(n1)N(C(=O)Nc1n[nH]c3nc(C)ccc13)[C@H]1CCCN2C1)C(F)(F)F. The molecule has 2 atom stereocenters. The Morgan fingerprint density at radius 3 is 2.78 bits per heavy atom. The summed E-state index contributed by atoms with van der Waals surface area (Å²) in [7, 11) is 0. The number of nitrogens with one attached hydrogen (secondary N) is 3. The number of carbonyl (C=O) groups is 2. The van der Waals surface area contributed by atoms with Crippen LogP contribution in [0, 0.1) is 6.92 Å². The first-order chi connectivity index (χ1) is 17.2. The number of aryl methyl sites for hydroxylation is 1. The molecule has 2 aliphatic heterocycles. The van der Waals surface area contributed by atoms with E-state index in [0.717, 1.165) is 25.1 Å². The van der Waals surface area contributed by atoms with E-state index in [1.165, 1.54) is 17.9 Å². The number of anilines is 3. The van der Waals surface area contributed by atoms with Gasteiger partial charge in [0.2, 0.25) is 0 Å². The summed E-state index contributed by atoms with van der Waals surface area (Å²) in [6, 6.07) is 3.91. The molecule has 0 aliphatic carbocycles. The summed E-state index contributed by atoms with van der Waals surface area (Å²) in [5, 5.41) is 12.4. The van der Waals surface area contributed by atoms with Crippen LogP contribution >= 0.6 is 0 Å². The van der Waals surface area contributed by atoms with Crippen LogP contribution in [0.5, 0.6) is 0 Å². The van der Waals surface area contributed by atoms with Gasteiger partial charge in [-0.15, -0.1) is 0 Å². The van der Waals surface area contributed by atoms with Gasteiger partial charge in [-0.3, -0.25) is 20.1 Å². The minimum Gasteiger partial charge on any atom is -0.366 e. The lowest BCUT2D eigenvalue weighted by Gasteiger charge is -2.45. The number of pyridine rings is 2. The molecule has 0 radical (unpaired) electrons. The van der Waals surface area contributed by atoms with Gasteiger partial charge in [-0.1, -0.05) is 6.92 Å². The number of rotatable bonds is 4. The number of aromatic nitrogens is 4. The first-order valence-corrected chi connectivity index (χ1v) is 11.7. The van der Waals surface area contributed by atoms with Crippen molar-refractivity contribution in [3.05, 3.63) is 35.7 Å². The molecule has 3 N–H and O–H groups in total. The summed E-state index contributed by atoms with van der Waals surface area (Å²) < 4.78 is 39.6. The van der Waals surface area contributed by atoms with E-state index in [2.05, 4.69) is 30.4 Å². The van der Waals surface area contributed by atoms with Crippen LogP contribution in [0.15, 0.2) is 24.3 Å². The quantitative estimate of drug-likeness (QED) is 0.500. The van der Waals surface area contributed by atoms with Crippen LogP contribution < -0.4 is 20.4 Å². The Labute approximate surface area is 204 Å². The van der Waals surface area contributed by atoms with E-state index >= 15 is 0 Å². The predicted octanol–water partition coefficient (Wildman–Crippen LogP) is 3.75. The molecule has 1 fully saturated rings. The maximum Gasteiger partial charge on any atom is 0.408 e. The topological polar surface area (TPSA) is 119 Å². The minimum atomic E-state index is -4.58. The maximum atomic E-state index is 13.5. The number of aromatic amines is 1. The molecule has 36 heavy (non-hydrogen) atoms. The molecule has 5 heterocycles. The summed E-state index contributed by atoms with van der Waals surface area (Å²) in [4.78, 5) is 38.5. The first-order valence-electron chi connectivity index (χ1n) is 11.7. The summed E-state index contributed by atoms with van der Waals surface area (Å²) in [6.45, 7) is 4.53. The zero-order chi connectivity index (χ0) is 25.6. The number of nitrogens with zero attached hydrogens (tertiary/aromatic N) is 5. The number of carbonyl (C=O) groups excluding carboxylic acids is 2. The van der Waals surface area contributed by atoms with Crippen molar-refractivity contribution in [1.29, 1.82) is 0 Å². The van der Waals surface area contributed by atoms with Gasteiger partial charge < -0.3 is 10.2 Å². The van der Waals surface area contributed by atoms with Gasteiger partial charge in [0.05, 0.1) is 17.1 Å². The second kappa shape index (κ2) is 8.95. The lowest BCUT2D eigenvalue weighted by molar-refractivity contribution is -0.153. The Hall–Kier alpha value is -3.90. The Balaban J connectivity index is 1.47. The molecule has 10 nitrogen and oxygen atoms in total. The van der Waals surface area contributed by atoms with Crippen LogP contribution in [-0.4, -0.2) is 63.5 Å². The highest BCUT2D eigenvalue weighted by molar-refractivity contribution is 6.07. The van der Waals surface area contributed by atoms with E-state index in [4.69, 9.17) is 0 Å². The Morgan fingerprint density at radius 1 is 1.22 bits per heavy atom. The maximum absolute atomic E-state index is 13.5. The molecule has 2 aliphatic rings. The van der Waals surface area contributed by atoms with Crippen LogP contribution in [-0.2, 0) is 0 Å². The van der Waals surface area contributed by atoms with Crippen molar-refractivity contribution in [3.8, 4) is 0 Å². The number of hydrogen-bond donors (Lipinski definition) is 3. The zero-order valence-electron chi connectivity index (χ0n) is 19.7. The van der Waals surface area contributed by atoms with E-state index in [1.807, 2.05) is 12.2 Å². The number of amides is 3. The standard InChI is InChI=1S/C23H25F3N8O2/c1-3-17(23(24,25)26)29-21(35)15-8-9-16-20(28-15)34(13-5-4-10-33(16)11-13)22(36)30-19-14-7-6-12(2)27-18(14)31-32-19/h6-9,13,17H,3-5,10-11H2,1-2H3,(H,29,35)(H2,27,30,31,32,36)/t13-,17-/m0/s1. The predicted molar refractivity (Wildman–Crippen MR) is 127 cm³/mol. The third-order valence-corrected chi connectivity index (χ3v) is 6.53. The molecule has 0 unspecified atom stereocenters. The molecular formula is C23H25F3N8O2.